The zero-order valence-corrected chi connectivity index (χ0v) is 10.7. The number of hydrogen-bond donors (Lipinski definition) is 1. The number of ether oxygens (including phenoxy) is 1. The maximum Gasteiger partial charge on any atom is 0.225 e. The van der Waals surface area contributed by atoms with Gasteiger partial charge in [0.1, 0.15) is 0 Å². The van der Waals surface area contributed by atoms with Crippen LogP contribution in [0.1, 0.15) is 44.9 Å². The van der Waals surface area contributed by atoms with Crippen molar-refractivity contribution < 1.29 is 9.53 Å². The summed E-state index contributed by atoms with van der Waals surface area (Å²) in [6, 6.07) is 0.389. The summed E-state index contributed by atoms with van der Waals surface area (Å²) >= 11 is 0. The molecule has 4 heteroatoms. The van der Waals surface area contributed by atoms with Crippen LogP contribution in [0, 0.1) is 0 Å². The van der Waals surface area contributed by atoms with Gasteiger partial charge in [0.05, 0.1) is 12.5 Å². The number of rotatable bonds is 3. The summed E-state index contributed by atoms with van der Waals surface area (Å²) in [5, 5.41) is 0. The van der Waals surface area contributed by atoms with Crippen molar-refractivity contribution in [3.63, 3.8) is 0 Å². The third-order valence-corrected chi connectivity index (χ3v) is 4.10. The van der Waals surface area contributed by atoms with Gasteiger partial charge < -0.3 is 15.4 Å². The van der Waals surface area contributed by atoms with Crippen LogP contribution in [0.25, 0.3) is 0 Å². The molecular weight excluding hydrogens is 216 g/mol. The molecule has 2 N–H and O–H groups in total. The molecule has 1 heterocycles. The van der Waals surface area contributed by atoms with E-state index < -0.39 is 0 Å². The van der Waals surface area contributed by atoms with Gasteiger partial charge in [-0.15, -0.1) is 0 Å². The lowest BCUT2D eigenvalue weighted by Crippen LogP contribution is -2.50. The Morgan fingerprint density at radius 1 is 1.29 bits per heavy atom. The van der Waals surface area contributed by atoms with Gasteiger partial charge in [-0.2, -0.15) is 0 Å². The molecule has 2 rings (SSSR count). The predicted molar refractivity (Wildman–Crippen MR) is 66.6 cm³/mol. The van der Waals surface area contributed by atoms with E-state index in [1.165, 1.54) is 12.8 Å². The quantitative estimate of drug-likeness (QED) is 0.808. The molecular formula is C13H24N2O2. The molecule has 3 unspecified atom stereocenters. The standard InChI is InChI=1S/C13H24N2O2/c1-15(12-7-3-2-6-11(12)14)13(16)9-10-5-4-8-17-10/h10-12H,2-9,14H2,1H3. The average Bonchev–Trinajstić information content (AvgIpc) is 2.81. The molecule has 0 aromatic carbocycles. The fourth-order valence-electron chi connectivity index (χ4n) is 2.95. The lowest BCUT2D eigenvalue weighted by molar-refractivity contribution is -0.135. The fraction of sp³-hybridized carbons (Fsp3) is 0.923. The number of carbonyl (C=O) groups excluding carboxylic acids is 1. The minimum atomic E-state index is 0.143. The highest BCUT2D eigenvalue weighted by molar-refractivity contribution is 5.76. The van der Waals surface area contributed by atoms with Gasteiger partial charge in [0.2, 0.25) is 5.91 Å². The van der Waals surface area contributed by atoms with Gasteiger partial charge in [0, 0.05) is 25.7 Å². The van der Waals surface area contributed by atoms with Crippen LogP contribution in [0.2, 0.25) is 0 Å². The van der Waals surface area contributed by atoms with E-state index in [0.717, 1.165) is 32.3 Å². The third-order valence-electron chi connectivity index (χ3n) is 4.10. The minimum Gasteiger partial charge on any atom is -0.378 e. The van der Waals surface area contributed by atoms with Gasteiger partial charge in [-0.1, -0.05) is 12.8 Å². The smallest absolute Gasteiger partial charge is 0.225 e. The third kappa shape index (κ3) is 3.19. The molecule has 0 spiro atoms. The van der Waals surface area contributed by atoms with Crippen LogP contribution in [-0.2, 0) is 9.53 Å². The topological polar surface area (TPSA) is 55.6 Å². The molecule has 0 aromatic heterocycles. The highest BCUT2D eigenvalue weighted by atomic mass is 16.5. The first kappa shape index (κ1) is 12.8. The molecule has 2 aliphatic rings. The van der Waals surface area contributed by atoms with E-state index in [0.29, 0.717) is 6.42 Å². The lowest BCUT2D eigenvalue weighted by atomic mass is 9.90. The molecule has 0 bridgehead atoms. The summed E-state index contributed by atoms with van der Waals surface area (Å²) in [7, 11) is 1.90. The molecule has 2 fully saturated rings. The van der Waals surface area contributed by atoms with E-state index in [4.69, 9.17) is 10.5 Å². The van der Waals surface area contributed by atoms with Gasteiger partial charge in [-0.25, -0.2) is 0 Å². The maximum atomic E-state index is 12.1. The van der Waals surface area contributed by atoms with Crippen LogP contribution >= 0.6 is 0 Å². The summed E-state index contributed by atoms with van der Waals surface area (Å²) in [6.07, 6.45) is 7.27. The van der Waals surface area contributed by atoms with E-state index in [1.807, 2.05) is 11.9 Å². The molecule has 0 radical (unpaired) electrons. The molecule has 1 saturated heterocycles. The van der Waals surface area contributed by atoms with Crippen molar-refractivity contribution in [1.82, 2.24) is 4.90 Å². The monoisotopic (exact) mass is 240 g/mol. The molecule has 3 atom stereocenters. The van der Waals surface area contributed by atoms with E-state index in [-0.39, 0.29) is 24.1 Å². The molecule has 0 aromatic rings. The lowest BCUT2D eigenvalue weighted by Gasteiger charge is -2.36. The van der Waals surface area contributed by atoms with Crippen molar-refractivity contribution in [3.05, 3.63) is 0 Å². The molecule has 1 aliphatic heterocycles. The first-order valence-electron chi connectivity index (χ1n) is 6.81. The van der Waals surface area contributed by atoms with Gasteiger partial charge in [-0.05, 0) is 25.7 Å². The Morgan fingerprint density at radius 2 is 2.06 bits per heavy atom. The van der Waals surface area contributed by atoms with E-state index in [2.05, 4.69) is 0 Å². The van der Waals surface area contributed by atoms with Gasteiger partial charge in [-0.3, -0.25) is 4.79 Å². The Labute approximate surface area is 103 Å². The van der Waals surface area contributed by atoms with Crippen molar-refractivity contribution in [2.24, 2.45) is 5.73 Å². The van der Waals surface area contributed by atoms with Crippen molar-refractivity contribution in [3.8, 4) is 0 Å². The van der Waals surface area contributed by atoms with E-state index >= 15 is 0 Å². The van der Waals surface area contributed by atoms with Crippen LogP contribution in [0.3, 0.4) is 0 Å². The largest absolute Gasteiger partial charge is 0.378 e. The summed E-state index contributed by atoms with van der Waals surface area (Å²) in [5.41, 5.74) is 6.10. The number of hydrogen-bond acceptors (Lipinski definition) is 3. The molecule has 4 nitrogen and oxygen atoms in total. The van der Waals surface area contributed by atoms with Crippen LogP contribution in [0.5, 0.6) is 0 Å². The molecule has 1 aliphatic carbocycles. The van der Waals surface area contributed by atoms with Crippen LogP contribution < -0.4 is 5.73 Å². The Morgan fingerprint density at radius 3 is 2.71 bits per heavy atom. The number of nitrogens with zero attached hydrogens (tertiary/aromatic N) is 1. The second-order valence-electron chi connectivity index (χ2n) is 5.36. The van der Waals surface area contributed by atoms with Crippen LogP contribution in [0.15, 0.2) is 0 Å². The van der Waals surface area contributed by atoms with E-state index in [9.17, 15) is 4.79 Å². The molecule has 98 valence electrons. The minimum absolute atomic E-state index is 0.143. The highest BCUT2D eigenvalue weighted by Gasteiger charge is 2.30. The second-order valence-corrected chi connectivity index (χ2v) is 5.36. The number of amides is 1. The van der Waals surface area contributed by atoms with Gasteiger partial charge in [0.15, 0.2) is 0 Å². The van der Waals surface area contributed by atoms with Crippen LogP contribution in [0.4, 0.5) is 0 Å². The Bertz CT molecular complexity index is 264. The zero-order chi connectivity index (χ0) is 12.3. The summed E-state index contributed by atoms with van der Waals surface area (Å²) in [6.45, 7) is 0.810. The van der Waals surface area contributed by atoms with Crippen molar-refractivity contribution in [2.75, 3.05) is 13.7 Å². The summed E-state index contributed by atoms with van der Waals surface area (Å²) < 4.78 is 5.51. The Hall–Kier alpha value is -0.610. The Balaban J connectivity index is 1.84. The second kappa shape index (κ2) is 5.83. The molecule has 17 heavy (non-hydrogen) atoms. The predicted octanol–water partition coefficient (Wildman–Crippen LogP) is 1.28. The fourth-order valence-corrected chi connectivity index (χ4v) is 2.95. The molecule has 1 saturated carbocycles. The molecule has 1 amide bonds. The van der Waals surface area contributed by atoms with Gasteiger partial charge >= 0.3 is 0 Å². The van der Waals surface area contributed by atoms with Crippen molar-refractivity contribution in [2.45, 2.75) is 63.1 Å². The zero-order valence-electron chi connectivity index (χ0n) is 10.7. The Kier molecular flexibility index (Phi) is 4.40. The first-order valence-corrected chi connectivity index (χ1v) is 6.81. The first-order chi connectivity index (χ1) is 8.18. The summed E-state index contributed by atoms with van der Waals surface area (Å²) in [4.78, 5) is 14.0. The van der Waals surface area contributed by atoms with E-state index in [1.54, 1.807) is 0 Å². The van der Waals surface area contributed by atoms with Crippen LogP contribution in [-0.4, -0.2) is 42.6 Å². The normalized spacial score (nSPS) is 33.6. The van der Waals surface area contributed by atoms with Crippen molar-refractivity contribution in [1.29, 1.82) is 0 Å². The maximum absolute atomic E-state index is 12.1. The number of likely N-dealkylation sites (N-methyl/N-ethyl adjacent to an activating group) is 1. The van der Waals surface area contributed by atoms with Gasteiger partial charge in [0.25, 0.3) is 0 Å². The SMILES string of the molecule is CN(C(=O)CC1CCCO1)C1CCCCC1N. The number of nitrogens with two attached hydrogens (primary N) is 1. The highest BCUT2D eigenvalue weighted by Crippen LogP contribution is 2.23. The van der Waals surface area contributed by atoms with Crippen molar-refractivity contribution >= 4 is 5.91 Å². The summed E-state index contributed by atoms with van der Waals surface area (Å²) in [5.74, 6) is 0.194. The average molecular weight is 240 g/mol. The number of carbonyl (C=O) groups is 1.